The lowest BCUT2D eigenvalue weighted by molar-refractivity contribution is -0.126. The Kier molecular flexibility index (Phi) is 6.75. The van der Waals surface area contributed by atoms with Crippen molar-refractivity contribution in [2.75, 3.05) is 25.9 Å². The lowest BCUT2D eigenvalue weighted by Crippen LogP contribution is -2.54. The second-order valence-corrected chi connectivity index (χ2v) is 7.54. The highest BCUT2D eigenvalue weighted by Gasteiger charge is 2.38. The maximum atomic E-state index is 12.1. The molecule has 1 amide bonds. The number of nitrogens with one attached hydrogen (secondary N) is 1. The first-order chi connectivity index (χ1) is 9.32. The molecule has 1 aliphatic rings. The predicted molar refractivity (Wildman–Crippen MR) is 91.1 cm³/mol. The highest BCUT2D eigenvalue weighted by molar-refractivity contribution is 8.02. The largest absolute Gasteiger partial charge is 0.392 e. The van der Waals surface area contributed by atoms with Crippen LogP contribution in [0.15, 0.2) is 0 Å². The van der Waals surface area contributed by atoms with Crippen molar-refractivity contribution in [1.29, 1.82) is 0 Å². The summed E-state index contributed by atoms with van der Waals surface area (Å²) in [4.78, 5) is 14.9. The molecule has 0 spiro atoms. The van der Waals surface area contributed by atoms with E-state index in [1.807, 2.05) is 6.92 Å². The molecule has 0 aromatic rings. The lowest BCUT2D eigenvalue weighted by Gasteiger charge is -2.41. The van der Waals surface area contributed by atoms with Gasteiger partial charge in [-0.2, -0.15) is 11.8 Å². The van der Waals surface area contributed by atoms with Crippen molar-refractivity contribution < 1.29 is 4.79 Å². The van der Waals surface area contributed by atoms with Gasteiger partial charge in [0.15, 0.2) is 0 Å². The van der Waals surface area contributed by atoms with Gasteiger partial charge in [0.1, 0.15) is 0 Å². The Bertz CT molecular complexity index is 352. The molecule has 4 nitrogen and oxygen atoms in total. The van der Waals surface area contributed by atoms with Crippen LogP contribution in [0, 0.1) is 5.92 Å². The molecule has 1 fully saturated rings. The molecule has 1 unspecified atom stereocenters. The first-order valence-electron chi connectivity index (χ1n) is 7.19. The van der Waals surface area contributed by atoms with Crippen LogP contribution in [0.5, 0.6) is 0 Å². The molecule has 0 aliphatic carbocycles. The third-order valence-corrected chi connectivity index (χ3v) is 5.99. The van der Waals surface area contributed by atoms with Gasteiger partial charge in [0.2, 0.25) is 5.91 Å². The average molecular weight is 318 g/mol. The van der Waals surface area contributed by atoms with Gasteiger partial charge in [-0.05, 0) is 31.9 Å². The van der Waals surface area contributed by atoms with Gasteiger partial charge < -0.3 is 11.1 Å². The number of likely N-dealkylation sites (tertiary alicyclic amines) is 1. The number of amides is 1. The number of rotatable bonds is 6. The van der Waals surface area contributed by atoms with E-state index in [4.69, 9.17) is 18.0 Å². The van der Waals surface area contributed by atoms with E-state index >= 15 is 0 Å². The standard InChI is InChI=1S/C14H27N3OS2/c1-10(2)9-16-12(18)11(3)17-7-5-14(20-4,6-8-17)13(15)19/h10-11H,5-9H2,1-4H3,(H2,15,19)(H,16,18). The number of carbonyl (C=O) groups excluding carboxylic acids is 1. The molecular weight excluding hydrogens is 290 g/mol. The Labute approximate surface area is 132 Å². The highest BCUT2D eigenvalue weighted by atomic mass is 32.2. The van der Waals surface area contributed by atoms with Gasteiger partial charge in [0.05, 0.1) is 15.8 Å². The van der Waals surface area contributed by atoms with Gasteiger partial charge in [-0.15, -0.1) is 0 Å². The first-order valence-corrected chi connectivity index (χ1v) is 8.82. The minimum Gasteiger partial charge on any atom is -0.392 e. The zero-order valence-corrected chi connectivity index (χ0v) is 14.6. The van der Waals surface area contributed by atoms with Crippen LogP contribution in [0.25, 0.3) is 0 Å². The number of thiocarbonyl (C=S) groups is 1. The van der Waals surface area contributed by atoms with Crippen molar-refractivity contribution >= 4 is 34.9 Å². The Balaban J connectivity index is 2.52. The van der Waals surface area contributed by atoms with Crippen LogP contribution in [0.1, 0.15) is 33.6 Å². The van der Waals surface area contributed by atoms with Crippen molar-refractivity contribution in [3.8, 4) is 0 Å². The zero-order chi connectivity index (χ0) is 15.3. The third-order valence-electron chi connectivity index (χ3n) is 4.06. The summed E-state index contributed by atoms with van der Waals surface area (Å²) in [6.07, 6.45) is 3.91. The topological polar surface area (TPSA) is 58.4 Å². The van der Waals surface area contributed by atoms with Crippen molar-refractivity contribution in [2.24, 2.45) is 11.7 Å². The Morgan fingerprint density at radius 1 is 1.40 bits per heavy atom. The van der Waals surface area contributed by atoms with Crippen LogP contribution >= 0.6 is 24.0 Å². The number of carbonyl (C=O) groups is 1. The summed E-state index contributed by atoms with van der Waals surface area (Å²) in [6.45, 7) is 8.64. The molecule has 1 aliphatic heterocycles. The molecule has 116 valence electrons. The van der Waals surface area contributed by atoms with Gasteiger partial charge in [0, 0.05) is 19.6 Å². The molecule has 20 heavy (non-hydrogen) atoms. The Hall–Kier alpha value is -0.330. The van der Waals surface area contributed by atoms with Crippen LogP contribution in [-0.2, 0) is 4.79 Å². The number of hydrogen-bond acceptors (Lipinski definition) is 4. The van der Waals surface area contributed by atoms with Gasteiger partial charge in [-0.25, -0.2) is 0 Å². The summed E-state index contributed by atoms with van der Waals surface area (Å²) in [6, 6.07) is -0.0834. The van der Waals surface area contributed by atoms with Crippen molar-refractivity contribution in [1.82, 2.24) is 10.2 Å². The fourth-order valence-corrected chi connectivity index (χ4v) is 3.69. The summed E-state index contributed by atoms with van der Waals surface area (Å²) in [5, 5.41) is 3.00. The van der Waals surface area contributed by atoms with E-state index in [2.05, 4.69) is 30.3 Å². The number of hydrogen-bond donors (Lipinski definition) is 2. The van der Waals surface area contributed by atoms with Crippen molar-refractivity contribution in [3.05, 3.63) is 0 Å². The van der Waals surface area contributed by atoms with E-state index in [9.17, 15) is 4.79 Å². The second kappa shape index (κ2) is 7.61. The Morgan fingerprint density at radius 2 is 1.95 bits per heavy atom. The van der Waals surface area contributed by atoms with Crippen LogP contribution < -0.4 is 11.1 Å². The molecule has 1 rings (SSSR count). The molecule has 0 saturated carbocycles. The third kappa shape index (κ3) is 4.33. The molecule has 1 heterocycles. The predicted octanol–water partition coefficient (Wildman–Crippen LogP) is 1.63. The smallest absolute Gasteiger partial charge is 0.237 e. The van der Waals surface area contributed by atoms with Gasteiger partial charge in [-0.1, -0.05) is 26.1 Å². The summed E-state index contributed by atoms with van der Waals surface area (Å²) in [5.74, 6) is 0.594. The Morgan fingerprint density at radius 3 is 2.35 bits per heavy atom. The van der Waals surface area contributed by atoms with Crippen molar-refractivity contribution in [3.63, 3.8) is 0 Å². The minimum absolute atomic E-state index is 0.0834. The summed E-state index contributed by atoms with van der Waals surface area (Å²) in [5.41, 5.74) is 5.89. The van der Waals surface area contributed by atoms with E-state index in [0.717, 1.165) is 32.5 Å². The molecule has 3 N–H and O–H groups in total. The molecule has 0 aromatic heterocycles. The fourth-order valence-electron chi connectivity index (χ4n) is 2.44. The first kappa shape index (κ1) is 17.7. The lowest BCUT2D eigenvalue weighted by atomic mass is 9.94. The molecule has 0 bridgehead atoms. The van der Waals surface area contributed by atoms with Gasteiger partial charge in [0.25, 0.3) is 0 Å². The van der Waals surface area contributed by atoms with Crippen LogP contribution in [-0.4, -0.2) is 52.5 Å². The van der Waals surface area contributed by atoms with Gasteiger partial charge in [-0.3, -0.25) is 9.69 Å². The number of nitrogens with zero attached hydrogens (tertiary/aromatic N) is 1. The maximum absolute atomic E-state index is 12.1. The minimum atomic E-state index is -0.0834. The highest BCUT2D eigenvalue weighted by Crippen LogP contribution is 2.35. The number of nitrogens with two attached hydrogens (primary N) is 1. The molecule has 0 aromatic carbocycles. The van der Waals surface area contributed by atoms with Crippen molar-refractivity contribution in [2.45, 2.75) is 44.4 Å². The molecular formula is C14H27N3OS2. The van der Waals surface area contributed by atoms with E-state index in [-0.39, 0.29) is 16.7 Å². The van der Waals surface area contributed by atoms with Gasteiger partial charge >= 0.3 is 0 Å². The van der Waals surface area contributed by atoms with Crippen LogP contribution in [0.4, 0.5) is 0 Å². The maximum Gasteiger partial charge on any atom is 0.237 e. The molecule has 1 atom stereocenters. The number of thioether (sulfide) groups is 1. The SMILES string of the molecule is CSC1(C(N)=S)CCN(C(C)C(=O)NCC(C)C)CC1. The van der Waals surface area contributed by atoms with E-state index in [1.165, 1.54) is 0 Å². The van der Waals surface area contributed by atoms with Crippen LogP contribution in [0.2, 0.25) is 0 Å². The molecule has 1 saturated heterocycles. The molecule has 0 radical (unpaired) electrons. The average Bonchev–Trinajstić information content (AvgIpc) is 2.43. The van der Waals surface area contributed by atoms with E-state index < -0.39 is 0 Å². The van der Waals surface area contributed by atoms with Crippen LogP contribution in [0.3, 0.4) is 0 Å². The number of piperidine rings is 1. The monoisotopic (exact) mass is 317 g/mol. The fraction of sp³-hybridized carbons (Fsp3) is 0.857. The summed E-state index contributed by atoms with van der Waals surface area (Å²) >= 11 is 6.96. The summed E-state index contributed by atoms with van der Waals surface area (Å²) < 4.78 is -0.0834. The quantitative estimate of drug-likeness (QED) is 0.729. The van der Waals surface area contributed by atoms with E-state index in [0.29, 0.717) is 10.9 Å². The normalized spacial score (nSPS) is 20.6. The van der Waals surface area contributed by atoms with E-state index in [1.54, 1.807) is 11.8 Å². The summed E-state index contributed by atoms with van der Waals surface area (Å²) in [7, 11) is 0. The zero-order valence-electron chi connectivity index (χ0n) is 12.9. The molecule has 6 heteroatoms. The second-order valence-electron chi connectivity index (χ2n) is 5.91.